The summed E-state index contributed by atoms with van der Waals surface area (Å²) in [5, 5.41) is 3.60. The summed E-state index contributed by atoms with van der Waals surface area (Å²) in [4.78, 5) is 14.0. The third-order valence-corrected chi connectivity index (χ3v) is 3.62. The molecule has 2 fully saturated rings. The van der Waals surface area contributed by atoms with E-state index < -0.39 is 0 Å². The van der Waals surface area contributed by atoms with Crippen molar-refractivity contribution in [2.75, 3.05) is 13.1 Å². The molecule has 3 nitrogen and oxygen atoms in total. The van der Waals surface area contributed by atoms with E-state index in [2.05, 4.69) is 17.1 Å². The summed E-state index contributed by atoms with van der Waals surface area (Å²) in [6.45, 7) is 4.05. The van der Waals surface area contributed by atoms with Crippen LogP contribution in [0.2, 0.25) is 0 Å². The van der Waals surface area contributed by atoms with Crippen molar-refractivity contribution in [2.24, 2.45) is 0 Å². The average molecular weight is 210 g/mol. The van der Waals surface area contributed by atoms with Crippen LogP contribution >= 0.6 is 0 Å². The van der Waals surface area contributed by atoms with Crippen LogP contribution < -0.4 is 5.32 Å². The number of unbranched alkanes of at least 4 members (excludes halogenated alkanes) is 1. The summed E-state index contributed by atoms with van der Waals surface area (Å²) in [6.07, 6.45) is 6.60. The SMILES string of the molecule is CCCCC(=O)N1CC[C@H]2CC[C@@H](C1)N2. The van der Waals surface area contributed by atoms with Crippen molar-refractivity contribution in [3.8, 4) is 0 Å². The van der Waals surface area contributed by atoms with E-state index in [1.54, 1.807) is 0 Å². The maximum atomic E-state index is 11.9. The molecule has 2 saturated heterocycles. The molecule has 0 aromatic carbocycles. The Kier molecular flexibility index (Phi) is 3.62. The number of amides is 1. The van der Waals surface area contributed by atoms with Gasteiger partial charge in [-0.05, 0) is 25.7 Å². The largest absolute Gasteiger partial charge is 0.341 e. The van der Waals surface area contributed by atoms with Gasteiger partial charge < -0.3 is 10.2 Å². The van der Waals surface area contributed by atoms with Gasteiger partial charge in [-0.3, -0.25) is 4.79 Å². The lowest BCUT2D eigenvalue weighted by atomic mass is 10.1. The van der Waals surface area contributed by atoms with Gasteiger partial charge in [0.05, 0.1) is 0 Å². The van der Waals surface area contributed by atoms with Crippen LogP contribution in [-0.4, -0.2) is 36.0 Å². The molecule has 2 atom stereocenters. The highest BCUT2D eigenvalue weighted by Crippen LogP contribution is 2.20. The molecule has 1 amide bonds. The minimum absolute atomic E-state index is 0.367. The van der Waals surface area contributed by atoms with Crippen molar-refractivity contribution < 1.29 is 4.79 Å². The Labute approximate surface area is 92.2 Å². The zero-order valence-electron chi connectivity index (χ0n) is 9.67. The first-order valence-electron chi connectivity index (χ1n) is 6.33. The van der Waals surface area contributed by atoms with Crippen LogP contribution in [0.25, 0.3) is 0 Å². The van der Waals surface area contributed by atoms with Crippen LogP contribution in [0, 0.1) is 0 Å². The Balaban J connectivity index is 1.84. The summed E-state index contributed by atoms with van der Waals surface area (Å²) >= 11 is 0. The summed E-state index contributed by atoms with van der Waals surface area (Å²) in [6, 6.07) is 1.25. The first-order chi connectivity index (χ1) is 7.29. The fraction of sp³-hybridized carbons (Fsp3) is 0.917. The average Bonchev–Trinajstić information content (AvgIpc) is 2.55. The molecule has 1 N–H and O–H groups in total. The van der Waals surface area contributed by atoms with E-state index >= 15 is 0 Å². The molecule has 2 heterocycles. The molecule has 0 radical (unpaired) electrons. The zero-order chi connectivity index (χ0) is 10.7. The first-order valence-corrected chi connectivity index (χ1v) is 6.33. The van der Waals surface area contributed by atoms with Gasteiger partial charge in [0.1, 0.15) is 0 Å². The lowest BCUT2D eigenvalue weighted by Crippen LogP contribution is -2.38. The molecule has 15 heavy (non-hydrogen) atoms. The smallest absolute Gasteiger partial charge is 0.222 e. The number of hydrogen-bond donors (Lipinski definition) is 1. The van der Waals surface area contributed by atoms with Gasteiger partial charge in [0.25, 0.3) is 0 Å². The van der Waals surface area contributed by atoms with Crippen molar-refractivity contribution in [1.29, 1.82) is 0 Å². The van der Waals surface area contributed by atoms with Crippen molar-refractivity contribution >= 4 is 5.91 Å². The summed E-state index contributed by atoms with van der Waals surface area (Å²) in [5.74, 6) is 0.367. The standard InChI is InChI=1S/C12H22N2O/c1-2-3-4-12(15)14-8-7-10-5-6-11(9-14)13-10/h10-11,13H,2-9H2,1H3/t10-,11+/m1/s1. The zero-order valence-corrected chi connectivity index (χ0v) is 9.67. The van der Waals surface area contributed by atoms with Gasteiger partial charge in [-0.15, -0.1) is 0 Å². The van der Waals surface area contributed by atoms with Gasteiger partial charge in [0.2, 0.25) is 5.91 Å². The Morgan fingerprint density at radius 3 is 2.93 bits per heavy atom. The fourth-order valence-electron chi connectivity index (χ4n) is 2.66. The van der Waals surface area contributed by atoms with Crippen LogP contribution in [0.1, 0.15) is 45.4 Å². The second kappa shape index (κ2) is 4.97. The second-order valence-electron chi connectivity index (χ2n) is 4.87. The normalized spacial score (nSPS) is 30.3. The lowest BCUT2D eigenvalue weighted by molar-refractivity contribution is -0.131. The van der Waals surface area contributed by atoms with E-state index in [-0.39, 0.29) is 0 Å². The molecule has 0 aromatic heterocycles. The maximum Gasteiger partial charge on any atom is 0.222 e. The number of rotatable bonds is 3. The molecule has 2 aliphatic heterocycles. The molecule has 0 aliphatic carbocycles. The number of nitrogens with zero attached hydrogens (tertiary/aromatic N) is 1. The number of carbonyl (C=O) groups excluding carboxylic acids is 1. The Morgan fingerprint density at radius 2 is 2.13 bits per heavy atom. The van der Waals surface area contributed by atoms with Crippen LogP contribution in [0.15, 0.2) is 0 Å². The van der Waals surface area contributed by atoms with Crippen molar-refractivity contribution in [3.05, 3.63) is 0 Å². The van der Waals surface area contributed by atoms with E-state index in [4.69, 9.17) is 0 Å². The highest BCUT2D eigenvalue weighted by Gasteiger charge is 2.30. The Morgan fingerprint density at radius 1 is 1.33 bits per heavy atom. The van der Waals surface area contributed by atoms with Crippen LogP contribution in [0.3, 0.4) is 0 Å². The number of nitrogens with one attached hydrogen (secondary N) is 1. The number of carbonyl (C=O) groups is 1. The van der Waals surface area contributed by atoms with E-state index in [1.165, 1.54) is 12.8 Å². The minimum atomic E-state index is 0.367. The highest BCUT2D eigenvalue weighted by molar-refractivity contribution is 5.76. The Bertz CT molecular complexity index is 230. The third-order valence-electron chi connectivity index (χ3n) is 3.62. The third kappa shape index (κ3) is 2.71. The molecule has 0 aromatic rings. The number of fused-ring (bicyclic) bond motifs is 2. The lowest BCUT2D eigenvalue weighted by Gasteiger charge is -2.24. The molecule has 2 rings (SSSR count). The summed E-state index contributed by atoms with van der Waals surface area (Å²) < 4.78 is 0. The van der Waals surface area contributed by atoms with Gasteiger partial charge in [0.15, 0.2) is 0 Å². The monoisotopic (exact) mass is 210 g/mol. The molecule has 86 valence electrons. The number of likely N-dealkylation sites (tertiary alicyclic amines) is 1. The molecular weight excluding hydrogens is 188 g/mol. The van der Waals surface area contributed by atoms with Gasteiger partial charge in [-0.25, -0.2) is 0 Å². The summed E-state index contributed by atoms with van der Waals surface area (Å²) in [7, 11) is 0. The van der Waals surface area contributed by atoms with Crippen molar-refractivity contribution in [2.45, 2.75) is 57.5 Å². The van der Waals surface area contributed by atoms with Gasteiger partial charge in [-0.2, -0.15) is 0 Å². The van der Waals surface area contributed by atoms with E-state index in [1.807, 2.05) is 0 Å². The molecule has 2 aliphatic rings. The summed E-state index contributed by atoms with van der Waals surface area (Å²) in [5.41, 5.74) is 0. The highest BCUT2D eigenvalue weighted by atomic mass is 16.2. The quantitative estimate of drug-likeness (QED) is 0.766. The minimum Gasteiger partial charge on any atom is -0.341 e. The van der Waals surface area contributed by atoms with E-state index in [9.17, 15) is 4.79 Å². The van der Waals surface area contributed by atoms with E-state index in [0.717, 1.165) is 38.8 Å². The second-order valence-corrected chi connectivity index (χ2v) is 4.87. The van der Waals surface area contributed by atoms with Crippen molar-refractivity contribution in [1.82, 2.24) is 10.2 Å². The van der Waals surface area contributed by atoms with Gasteiger partial charge in [0, 0.05) is 31.6 Å². The molecule has 0 saturated carbocycles. The molecule has 3 heteroatoms. The van der Waals surface area contributed by atoms with Crippen molar-refractivity contribution in [3.63, 3.8) is 0 Å². The molecule has 2 bridgehead atoms. The molecular formula is C12H22N2O. The maximum absolute atomic E-state index is 11.9. The fourth-order valence-corrected chi connectivity index (χ4v) is 2.66. The first kappa shape index (κ1) is 10.9. The van der Waals surface area contributed by atoms with Crippen LogP contribution in [0.4, 0.5) is 0 Å². The topological polar surface area (TPSA) is 32.3 Å². The molecule has 0 spiro atoms. The van der Waals surface area contributed by atoms with Gasteiger partial charge >= 0.3 is 0 Å². The van der Waals surface area contributed by atoms with Crippen LogP contribution in [0.5, 0.6) is 0 Å². The van der Waals surface area contributed by atoms with Crippen LogP contribution in [-0.2, 0) is 4.79 Å². The molecule has 0 unspecified atom stereocenters. The predicted octanol–water partition coefficient (Wildman–Crippen LogP) is 1.53. The van der Waals surface area contributed by atoms with Gasteiger partial charge in [-0.1, -0.05) is 13.3 Å². The number of hydrogen-bond acceptors (Lipinski definition) is 2. The van der Waals surface area contributed by atoms with E-state index in [0.29, 0.717) is 18.0 Å². The Hall–Kier alpha value is -0.570. The predicted molar refractivity (Wildman–Crippen MR) is 60.7 cm³/mol.